The Labute approximate surface area is 556 Å². The van der Waals surface area contributed by atoms with E-state index in [2.05, 4.69) is 195 Å². The summed E-state index contributed by atoms with van der Waals surface area (Å²) in [7, 11) is 0. The summed E-state index contributed by atoms with van der Waals surface area (Å²) in [4.78, 5) is 43.8. The molecule has 8 nitrogen and oxygen atoms in total. The normalized spacial score (nSPS) is 12.7. The molecule has 0 aromatic carbocycles. The Balaban J connectivity index is 0.00000523. The maximum absolute atomic E-state index is 5.56. The largest absolute Gasteiger partial charge is 2.00 e. The van der Waals surface area contributed by atoms with Crippen LogP contribution in [0.1, 0.15) is 263 Å². The summed E-state index contributed by atoms with van der Waals surface area (Å²) in [5, 5.41) is 0. The van der Waals surface area contributed by atoms with E-state index >= 15 is 0 Å². The number of hydrogen-bond acceptors (Lipinski definition) is 4. The van der Waals surface area contributed by atoms with Gasteiger partial charge in [0.1, 0.15) is 0 Å². The Kier molecular flexibility index (Phi) is 22.8. The Morgan fingerprint density at radius 1 is 0.244 bits per heavy atom. The van der Waals surface area contributed by atoms with Crippen LogP contribution in [0.15, 0.2) is 36.4 Å². The van der Waals surface area contributed by atoms with Crippen molar-refractivity contribution in [3.8, 4) is 47.4 Å². The number of nitrogens with zero attached hydrogens (tertiary/aromatic N) is 8. The minimum absolute atomic E-state index is 0. The first-order valence-electron chi connectivity index (χ1n) is 33.3. The van der Waals surface area contributed by atoms with E-state index in [0.717, 1.165) is 204 Å². The van der Waals surface area contributed by atoms with Crippen LogP contribution in [0.4, 0.5) is 0 Å². The minimum atomic E-state index is 0. The van der Waals surface area contributed by atoms with Gasteiger partial charge >= 0.3 is 33.0 Å². The van der Waals surface area contributed by atoms with Crippen LogP contribution in [0.2, 0.25) is 0 Å². The van der Waals surface area contributed by atoms with Gasteiger partial charge in [0.25, 0.3) is 0 Å². The van der Waals surface area contributed by atoms with Crippen molar-refractivity contribution in [2.24, 2.45) is 0 Å². The molecule has 10 heteroatoms. The van der Waals surface area contributed by atoms with E-state index < -0.39 is 0 Å². The molecule has 0 atom stereocenters. The molecule has 0 saturated heterocycles. The van der Waals surface area contributed by atoms with Crippen LogP contribution < -0.4 is 19.9 Å². The van der Waals surface area contributed by atoms with Crippen molar-refractivity contribution in [3.63, 3.8) is 0 Å². The van der Waals surface area contributed by atoms with Crippen molar-refractivity contribution in [1.82, 2.24) is 39.9 Å². The summed E-state index contributed by atoms with van der Waals surface area (Å²) in [6, 6.07) is 13.4. The third-order valence-corrected chi connectivity index (χ3v) is 18.6. The van der Waals surface area contributed by atoms with Gasteiger partial charge in [0.05, 0.1) is 45.6 Å². The molecule has 10 rings (SSSR count). The zero-order chi connectivity index (χ0) is 62.5. The van der Waals surface area contributed by atoms with E-state index in [-0.39, 0.29) is 33.0 Å². The van der Waals surface area contributed by atoms with Crippen molar-refractivity contribution in [2.75, 3.05) is 0 Å². The Hall–Kier alpha value is -7.57. The van der Waals surface area contributed by atoms with Crippen LogP contribution in [0.3, 0.4) is 0 Å². The average Bonchev–Trinajstić information content (AvgIpc) is 1.85. The van der Waals surface area contributed by atoms with Gasteiger partial charge in [0, 0.05) is 11.1 Å². The summed E-state index contributed by atoms with van der Waals surface area (Å²) in [6.45, 7) is 35.6. The summed E-state index contributed by atoms with van der Waals surface area (Å²) in [5.74, 6) is 26.1. The van der Waals surface area contributed by atoms with E-state index in [1.54, 1.807) is 0 Å². The van der Waals surface area contributed by atoms with Crippen LogP contribution in [-0.2, 0) is 84.3 Å². The fourth-order valence-corrected chi connectivity index (χ4v) is 14.6. The number of rotatable bonds is 16. The molecule has 4 aliphatic heterocycles. The number of allylic oxidation sites excluding steroid dienone is 8. The number of aromatic nitrogens is 8. The molecule has 0 unspecified atom stereocenters. The molecule has 4 aliphatic rings. The van der Waals surface area contributed by atoms with Crippen molar-refractivity contribution >= 4 is 88.7 Å². The maximum Gasteiger partial charge on any atom is 2.00 e. The molecule has 0 spiro atoms. The Bertz CT molecular complexity index is 4310. The SMILES string of the molecule is CCC1=C(CC)c2cc3[n-]c(c(C#CC#CC#CC#Cc4c5nc(cc6[n-]c(cc7nc(cc8[n-]c4c(CC)c8CC)C(CC)=C7CC)c(CC)c6CC)C(CC)=C5CC)c4nc(cc5[n-]c(cc1n2)c(CC)c5CC)C(CC)=C4CC)c(CC)c3CC.[Ni+2].[Ni+2]. The zero-order valence-corrected chi connectivity index (χ0v) is 58.0. The Morgan fingerprint density at radius 3 is 0.700 bits per heavy atom. The van der Waals surface area contributed by atoms with Gasteiger partial charge in [-0.2, -0.15) is 0 Å². The van der Waals surface area contributed by atoms with Crippen molar-refractivity contribution < 1.29 is 33.0 Å². The fourth-order valence-electron chi connectivity index (χ4n) is 14.6. The summed E-state index contributed by atoms with van der Waals surface area (Å²) < 4.78 is 0. The summed E-state index contributed by atoms with van der Waals surface area (Å²) in [5.41, 5.74) is 36.4. The third-order valence-electron chi connectivity index (χ3n) is 18.6. The molecule has 16 bridgehead atoms. The van der Waals surface area contributed by atoms with E-state index in [1.165, 1.54) is 89.1 Å². The standard InChI is InChI=1S/C80H86N8.2Ni/c1-17-47-51(21-5)69-43-73-55(25-9)59(29-13)77(85-73)63(78-60(30-14)56(26-10)74(86-78)44-70-52(22-6)48(18-2)66(82-70)41-65(47)81-69)39-37-35-33-34-36-38-40-64-79-61(31-15)57(27-11)75(87-79)45-71-53(23-7)49(19-3)67(83-71)42-68-50(20-4)54(24-8)72(84-68)46-76-58(28-12)62(32-16)80(64)88-76;;/h41-46H,17-32H2,1-16H3;;/q-4;2*+2. The summed E-state index contributed by atoms with van der Waals surface area (Å²) >= 11 is 0. The third kappa shape index (κ3) is 12.3. The number of hydrogen-bond donors (Lipinski definition) is 0. The second-order valence-electron chi connectivity index (χ2n) is 22.8. The monoisotopic (exact) mass is 1270 g/mol. The second-order valence-corrected chi connectivity index (χ2v) is 22.8. The summed E-state index contributed by atoms with van der Waals surface area (Å²) in [6.07, 6.45) is 13.4. The molecule has 10 heterocycles. The molecule has 466 valence electrons. The van der Waals surface area contributed by atoms with E-state index in [0.29, 0.717) is 0 Å². The molecule has 90 heavy (non-hydrogen) atoms. The first-order chi connectivity index (χ1) is 42.9. The number of aryl methyl sites for hydroxylation is 8. The van der Waals surface area contributed by atoms with Crippen LogP contribution in [0.5, 0.6) is 0 Å². The number of fused-ring (bicyclic) bond motifs is 16. The van der Waals surface area contributed by atoms with Crippen LogP contribution >= 0.6 is 0 Å². The van der Waals surface area contributed by atoms with Gasteiger partial charge in [0.15, 0.2) is 0 Å². The van der Waals surface area contributed by atoms with Crippen LogP contribution in [0, 0.1) is 47.4 Å². The molecular weight excluding hydrogens is 1190 g/mol. The van der Waals surface area contributed by atoms with Gasteiger partial charge < -0.3 is 19.9 Å². The van der Waals surface area contributed by atoms with Crippen molar-refractivity contribution in [2.45, 2.75) is 214 Å². The Morgan fingerprint density at radius 2 is 0.456 bits per heavy atom. The first-order valence-corrected chi connectivity index (χ1v) is 33.3. The van der Waals surface area contributed by atoms with Crippen LogP contribution in [-0.4, -0.2) is 19.9 Å². The maximum atomic E-state index is 5.56. The minimum Gasteiger partial charge on any atom is -0.657 e. The average molecular weight is 1280 g/mol. The zero-order valence-electron chi connectivity index (χ0n) is 56.0. The van der Waals surface area contributed by atoms with Gasteiger partial charge in [-0.3, -0.25) is 0 Å². The topological polar surface area (TPSA) is 108 Å². The van der Waals surface area contributed by atoms with Gasteiger partial charge in [0.2, 0.25) is 0 Å². The molecule has 0 fully saturated rings. The van der Waals surface area contributed by atoms with Crippen molar-refractivity contribution in [3.05, 3.63) is 138 Å². The van der Waals surface area contributed by atoms with Gasteiger partial charge in [-0.15, -0.1) is 44.1 Å². The molecule has 0 aliphatic carbocycles. The van der Waals surface area contributed by atoms with E-state index in [1.807, 2.05) is 0 Å². The van der Waals surface area contributed by atoms with Gasteiger partial charge in [-0.1, -0.05) is 204 Å². The first kappa shape index (κ1) is 68.3. The van der Waals surface area contributed by atoms with Gasteiger partial charge in [-0.05, 0) is 183 Å². The molecule has 0 N–H and O–H groups in total. The fraction of sp³-hybridized carbons (Fsp3) is 0.400. The smallest absolute Gasteiger partial charge is 0.657 e. The predicted octanol–water partition coefficient (Wildman–Crippen LogP) is 18.3. The van der Waals surface area contributed by atoms with Crippen molar-refractivity contribution in [1.29, 1.82) is 0 Å². The second kappa shape index (κ2) is 30.0. The van der Waals surface area contributed by atoms with Crippen LogP contribution in [0.25, 0.3) is 88.7 Å². The molecule has 0 amide bonds. The van der Waals surface area contributed by atoms with Gasteiger partial charge in [-0.25, -0.2) is 19.9 Å². The molecular formula is C80H86N8Ni2. The quantitative estimate of drug-likeness (QED) is 0.0697. The molecule has 6 aromatic rings. The molecule has 6 aromatic heterocycles. The van der Waals surface area contributed by atoms with E-state index in [4.69, 9.17) is 39.9 Å². The predicted molar refractivity (Wildman–Crippen MR) is 372 cm³/mol. The molecule has 0 radical (unpaired) electrons. The molecule has 0 saturated carbocycles. The van der Waals surface area contributed by atoms with E-state index in [9.17, 15) is 0 Å².